The normalized spacial score (nSPS) is 20.1. The van der Waals surface area contributed by atoms with E-state index in [2.05, 4.69) is 15.4 Å². The Labute approximate surface area is 171 Å². The van der Waals surface area contributed by atoms with E-state index in [1.807, 2.05) is 0 Å². The maximum absolute atomic E-state index is 13.2. The number of halogens is 3. The summed E-state index contributed by atoms with van der Waals surface area (Å²) in [5.41, 5.74) is -3.09. The Morgan fingerprint density at radius 2 is 1.93 bits per heavy atom. The molecular weight excluding hydrogens is 401 g/mol. The molecule has 0 bridgehead atoms. The van der Waals surface area contributed by atoms with Crippen molar-refractivity contribution in [2.45, 2.75) is 57.3 Å². The molecule has 2 heterocycles. The van der Waals surface area contributed by atoms with Crippen LogP contribution in [0.3, 0.4) is 0 Å². The molecule has 7 nitrogen and oxygen atoms in total. The molecule has 0 saturated heterocycles. The van der Waals surface area contributed by atoms with Crippen molar-refractivity contribution >= 4 is 17.9 Å². The molecule has 162 valence electrons. The summed E-state index contributed by atoms with van der Waals surface area (Å²) in [6.07, 6.45) is 1.63. The van der Waals surface area contributed by atoms with Gasteiger partial charge in [0.1, 0.15) is 23.3 Å². The fourth-order valence-corrected chi connectivity index (χ4v) is 3.62. The number of aromatic nitrogens is 3. The van der Waals surface area contributed by atoms with E-state index in [-0.39, 0.29) is 23.3 Å². The molecule has 0 aliphatic heterocycles. The highest BCUT2D eigenvalue weighted by molar-refractivity contribution is 6.04. The van der Waals surface area contributed by atoms with E-state index in [1.54, 1.807) is 4.68 Å². The first-order valence-electron chi connectivity index (χ1n) is 9.61. The number of alkyl halides is 3. The van der Waals surface area contributed by atoms with E-state index in [9.17, 15) is 27.9 Å². The van der Waals surface area contributed by atoms with Crippen LogP contribution in [0.2, 0.25) is 0 Å². The first-order chi connectivity index (χ1) is 14.0. The number of aliphatic hydroxyl groups is 1. The second-order valence-electron chi connectivity index (χ2n) is 7.99. The molecule has 0 spiro atoms. The van der Waals surface area contributed by atoms with Gasteiger partial charge in [0.15, 0.2) is 0 Å². The highest BCUT2D eigenvalue weighted by Crippen LogP contribution is 2.35. The Balaban J connectivity index is 1.90. The van der Waals surface area contributed by atoms with Crippen molar-refractivity contribution in [3.05, 3.63) is 41.5 Å². The van der Waals surface area contributed by atoms with E-state index < -0.39 is 28.9 Å². The first-order valence-corrected chi connectivity index (χ1v) is 9.61. The van der Waals surface area contributed by atoms with E-state index in [0.717, 1.165) is 24.6 Å². The number of nitrogens with zero attached hydrogens (tertiary/aromatic N) is 3. The molecule has 0 radical (unpaired) electrons. The summed E-state index contributed by atoms with van der Waals surface area (Å²) in [5.74, 6) is -1.03. The number of aldehydes is 1. The summed E-state index contributed by atoms with van der Waals surface area (Å²) in [6, 6.07) is 1.86. The van der Waals surface area contributed by atoms with Crippen LogP contribution in [0.25, 0.3) is 0 Å². The molecule has 30 heavy (non-hydrogen) atoms. The quantitative estimate of drug-likeness (QED) is 0.714. The van der Waals surface area contributed by atoms with Crippen LogP contribution < -0.4 is 5.32 Å². The molecule has 3 rings (SSSR count). The lowest BCUT2D eigenvalue weighted by atomic mass is 9.87. The monoisotopic (exact) mass is 424 g/mol. The Hall–Kier alpha value is -2.75. The van der Waals surface area contributed by atoms with E-state index in [4.69, 9.17) is 0 Å². The fraction of sp³-hybridized carbons (Fsp3) is 0.500. The molecule has 1 aliphatic rings. The summed E-state index contributed by atoms with van der Waals surface area (Å²) in [4.78, 5) is 27.1. The predicted molar refractivity (Wildman–Crippen MR) is 102 cm³/mol. The number of nitrogens with one attached hydrogen (secondary N) is 1. The molecule has 1 aliphatic carbocycles. The fourth-order valence-electron chi connectivity index (χ4n) is 3.62. The molecule has 0 aromatic carbocycles. The van der Waals surface area contributed by atoms with Crippen LogP contribution in [-0.4, -0.2) is 32.1 Å². The van der Waals surface area contributed by atoms with Crippen LogP contribution in [0.4, 0.5) is 18.9 Å². The minimum Gasteiger partial charge on any atom is -0.384 e. The average molecular weight is 424 g/mol. The van der Waals surface area contributed by atoms with Gasteiger partial charge in [-0.15, -0.1) is 0 Å². The molecular formula is C20H23F3N4O3. The lowest BCUT2D eigenvalue weighted by Crippen LogP contribution is -2.23. The minimum absolute atomic E-state index is 0.00897. The van der Waals surface area contributed by atoms with Gasteiger partial charge in [0.05, 0.1) is 17.3 Å². The van der Waals surface area contributed by atoms with Gasteiger partial charge in [-0.05, 0) is 51.7 Å². The third kappa shape index (κ3) is 4.69. The van der Waals surface area contributed by atoms with Gasteiger partial charge in [0.2, 0.25) is 0 Å². The molecule has 1 fully saturated rings. The smallest absolute Gasteiger partial charge is 0.384 e. The lowest BCUT2D eigenvalue weighted by molar-refractivity contribution is -0.138. The Kier molecular flexibility index (Phi) is 5.98. The van der Waals surface area contributed by atoms with E-state index in [0.29, 0.717) is 25.7 Å². The Morgan fingerprint density at radius 1 is 1.27 bits per heavy atom. The van der Waals surface area contributed by atoms with Gasteiger partial charge in [0.25, 0.3) is 5.91 Å². The molecule has 2 aromatic heterocycles. The second-order valence-corrected chi connectivity index (χ2v) is 7.99. The minimum atomic E-state index is -4.73. The van der Waals surface area contributed by atoms with Crippen LogP contribution in [0.5, 0.6) is 0 Å². The summed E-state index contributed by atoms with van der Waals surface area (Å²) < 4.78 is 41.3. The molecule has 2 N–H and O–H groups in total. The van der Waals surface area contributed by atoms with Crippen molar-refractivity contribution in [1.29, 1.82) is 0 Å². The summed E-state index contributed by atoms with van der Waals surface area (Å²) in [6.45, 7) is 2.95. The zero-order valence-electron chi connectivity index (χ0n) is 16.6. The standard InChI is InChI=1S/C20H23F3N4O3/c1-19(2,30)17-15(10-27(26-17)13-7-5-12(11-28)6-8-13)25-18(29)16-14(20(21,22)23)4-3-9-24-16/h3-4,9-13,30H,5-8H2,1-2H3,(H,25,29). The van der Waals surface area contributed by atoms with Crippen molar-refractivity contribution in [2.24, 2.45) is 5.92 Å². The first kappa shape index (κ1) is 21.9. The number of carbonyl (C=O) groups excluding carboxylic acids is 2. The molecule has 10 heteroatoms. The number of anilines is 1. The maximum atomic E-state index is 13.2. The number of hydrogen-bond acceptors (Lipinski definition) is 5. The van der Waals surface area contributed by atoms with Crippen LogP contribution in [0.1, 0.15) is 67.3 Å². The van der Waals surface area contributed by atoms with Gasteiger partial charge in [-0.3, -0.25) is 14.5 Å². The molecule has 2 aromatic rings. The third-order valence-corrected chi connectivity index (χ3v) is 5.20. The van der Waals surface area contributed by atoms with Gasteiger partial charge >= 0.3 is 6.18 Å². The Bertz CT molecular complexity index is 926. The highest BCUT2D eigenvalue weighted by atomic mass is 19.4. The van der Waals surface area contributed by atoms with Crippen molar-refractivity contribution < 1.29 is 27.9 Å². The summed E-state index contributed by atoms with van der Waals surface area (Å²) >= 11 is 0. The number of pyridine rings is 1. The van der Waals surface area contributed by atoms with Crippen molar-refractivity contribution in [2.75, 3.05) is 5.32 Å². The topological polar surface area (TPSA) is 97.1 Å². The number of rotatable bonds is 5. The van der Waals surface area contributed by atoms with Crippen molar-refractivity contribution in [3.8, 4) is 0 Å². The zero-order chi connectivity index (χ0) is 22.1. The maximum Gasteiger partial charge on any atom is 0.418 e. The van der Waals surface area contributed by atoms with Crippen LogP contribution in [-0.2, 0) is 16.6 Å². The van der Waals surface area contributed by atoms with Gasteiger partial charge in [0, 0.05) is 18.3 Å². The van der Waals surface area contributed by atoms with Crippen molar-refractivity contribution in [3.63, 3.8) is 0 Å². The number of hydrogen-bond donors (Lipinski definition) is 2. The van der Waals surface area contributed by atoms with Crippen LogP contribution >= 0.6 is 0 Å². The molecule has 1 amide bonds. The third-order valence-electron chi connectivity index (χ3n) is 5.20. The SMILES string of the molecule is CC(C)(O)c1nn(C2CCC(C=O)CC2)cc1NC(=O)c1ncccc1C(F)(F)F. The number of amides is 1. The van der Waals surface area contributed by atoms with Gasteiger partial charge in [-0.2, -0.15) is 18.3 Å². The van der Waals surface area contributed by atoms with Gasteiger partial charge in [-0.1, -0.05) is 0 Å². The Morgan fingerprint density at radius 3 is 2.50 bits per heavy atom. The van der Waals surface area contributed by atoms with E-state index in [1.165, 1.54) is 20.0 Å². The predicted octanol–water partition coefficient (Wildman–Crippen LogP) is 3.71. The van der Waals surface area contributed by atoms with Gasteiger partial charge in [-0.25, -0.2) is 0 Å². The summed E-state index contributed by atoms with van der Waals surface area (Å²) in [7, 11) is 0. The molecule has 0 unspecified atom stereocenters. The molecule has 1 saturated carbocycles. The van der Waals surface area contributed by atoms with Crippen molar-refractivity contribution in [1.82, 2.24) is 14.8 Å². The second kappa shape index (κ2) is 8.17. The number of carbonyl (C=O) groups is 2. The van der Waals surface area contributed by atoms with Crippen LogP contribution in [0.15, 0.2) is 24.5 Å². The van der Waals surface area contributed by atoms with E-state index >= 15 is 0 Å². The average Bonchev–Trinajstić information content (AvgIpc) is 3.11. The zero-order valence-corrected chi connectivity index (χ0v) is 16.6. The lowest BCUT2D eigenvalue weighted by Gasteiger charge is -2.25. The van der Waals surface area contributed by atoms with Crippen LogP contribution in [0, 0.1) is 5.92 Å². The highest BCUT2D eigenvalue weighted by Gasteiger charge is 2.37. The molecule has 0 atom stereocenters. The van der Waals surface area contributed by atoms with Gasteiger partial charge < -0.3 is 15.2 Å². The summed E-state index contributed by atoms with van der Waals surface area (Å²) in [5, 5.41) is 17.3. The largest absolute Gasteiger partial charge is 0.418 e.